The van der Waals surface area contributed by atoms with Crippen molar-refractivity contribution in [3.8, 4) is 0 Å². The molecular formula is C18H28ClIN4O. The Morgan fingerprint density at radius 3 is 2.44 bits per heavy atom. The zero-order valence-electron chi connectivity index (χ0n) is 14.9. The second-order valence-electron chi connectivity index (χ2n) is 6.30. The van der Waals surface area contributed by atoms with Gasteiger partial charge in [-0.1, -0.05) is 37.1 Å². The Morgan fingerprint density at radius 1 is 1.20 bits per heavy atom. The van der Waals surface area contributed by atoms with Gasteiger partial charge in [-0.05, 0) is 36.8 Å². The van der Waals surface area contributed by atoms with E-state index < -0.39 is 0 Å². The van der Waals surface area contributed by atoms with E-state index >= 15 is 0 Å². The maximum Gasteiger partial charge on any atom is 0.252 e. The Bertz CT molecular complexity index is 585. The van der Waals surface area contributed by atoms with E-state index in [2.05, 4.69) is 27.9 Å². The molecule has 5 nitrogen and oxygen atoms in total. The number of carbonyl (C=O) groups excluding carboxylic acids is 1. The Morgan fingerprint density at radius 2 is 1.88 bits per heavy atom. The van der Waals surface area contributed by atoms with Gasteiger partial charge < -0.3 is 16.0 Å². The van der Waals surface area contributed by atoms with Gasteiger partial charge in [0.15, 0.2) is 5.96 Å². The number of halogens is 2. The predicted molar refractivity (Wildman–Crippen MR) is 115 cm³/mol. The van der Waals surface area contributed by atoms with Gasteiger partial charge in [0.1, 0.15) is 0 Å². The molecule has 0 saturated heterocycles. The Labute approximate surface area is 172 Å². The van der Waals surface area contributed by atoms with Crippen LogP contribution in [-0.4, -0.2) is 38.5 Å². The summed E-state index contributed by atoms with van der Waals surface area (Å²) < 4.78 is 0. The summed E-state index contributed by atoms with van der Waals surface area (Å²) in [5.41, 5.74) is 0.937. The second kappa shape index (κ2) is 10.9. The number of benzene rings is 1. The quantitative estimate of drug-likeness (QED) is 0.243. The molecule has 0 unspecified atom stereocenters. The number of nitrogens with one attached hydrogen (secondary N) is 3. The molecule has 0 aromatic heterocycles. The highest BCUT2D eigenvalue weighted by atomic mass is 127. The Balaban J connectivity index is 0.00000312. The molecule has 1 saturated carbocycles. The molecule has 1 aromatic rings. The van der Waals surface area contributed by atoms with Crippen LogP contribution in [0.3, 0.4) is 0 Å². The summed E-state index contributed by atoms with van der Waals surface area (Å²) in [6, 6.07) is 7.04. The van der Waals surface area contributed by atoms with Gasteiger partial charge in [-0.15, -0.1) is 24.0 Å². The topological polar surface area (TPSA) is 65.5 Å². The number of aliphatic imine (C=N–C) groups is 1. The first kappa shape index (κ1) is 22.0. The normalized spacial score (nSPS) is 15.6. The van der Waals surface area contributed by atoms with E-state index in [4.69, 9.17) is 11.6 Å². The number of guanidine groups is 1. The van der Waals surface area contributed by atoms with Gasteiger partial charge in [0.25, 0.3) is 5.91 Å². The number of amides is 1. The van der Waals surface area contributed by atoms with Gasteiger partial charge in [0, 0.05) is 26.7 Å². The first-order valence-corrected chi connectivity index (χ1v) is 8.95. The summed E-state index contributed by atoms with van der Waals surface area (Å²) in [5, 5.41) is 9.94. The molecule has 25 heavy (non-hydrogen) atoms. The number of nitrogens with zero attached hydrogens (tertiary/aromatic N) is 1. The summed E-state index contributed by atoms with van der Waals surface area (Å²) in [4.78, 5) is 16.3. The van der Waals surface area contributed by atoms with Crippen molar-refractivity contribution in [3.63, 3.8) is 0 Å². The fourth-order valence-corrected chi connectivity index (χ4v) is 3.14. The minimum atomic E-state index is -0.162. The van der Waals surface area contributed by atoms with Crippen LogP contribution < -0.4 is 16.0 Å². The number of carbonyl (C=O) groups is 1. The first-order valence-electron chi connectivity index (χ1n) is 8.57. The number of hydrogen-bond acceptors (Lipinski definition) is 2. The SMILES string of the molecule is CCC1(CNC(=NC)NCCNC(=O)c2ccccc2Cl)CCC1.I. The van der Waals surface area contributed by atoms with Crippen molar-refractivity contribution in [1.82, 2.24) is 16.0 Å². The zero-order chi connectivity index (χ0) is 17.4. The highest BCUT2D eigenvalue weighted by molar-refractivity contribution is 14.0. The highest BCUT2D eigenvalue weighted by Gasteiger charge is 2.34. The van der Waals surface area contributed by atoms with Crippen molar-refractivity contribution in [2.45, 2.75) is 32.6 Å². The molecular weight excluding hydrogens is 451 g/mol. The number of rotatable bonds is 7. The third kappa shape index (κ3) is 6.33. The van der Waals surface area contributed by atoms with E-state index in [1.54, 1.807) is 25.2 Å². The van der Waals surface area contributed by atoms with Crippen LogP contribution in [-0.2, 0) is 0 Å². The Kier molecular flexibility index (Phi) is 9.56. The van der Waals surface area contributed by atoms with Crippen LogP contribution in [0, 0.1) is 5.41 Å². The van der Waals surface area contributed by atoms with E-state index in [-0.39, 0.29) is 29.9 Å². The van der Waals surface area contributed by atoms with Gasteiger partial charge >= 0.3 is 0 Å². The van der Waals surface area contributed by atoms with E-state index in [0.29, 0.717) is 29.1 Å². The lowest BCUT2D eigenvalue weighted by molar-refractivity contribution is 0.0954. The smallest absolute Gasteiger partial charge is 0.252 e. The van der Waals surface area contributed by atoms with Crippen LogP contribution in [0.15, 0.2) is 29.3 Å². The van der Waals surface area contributed by atoms with Crippen molar-refractivity contribution in [2.24, 2.45) is 10.4 Å². The maximum atomic E-state index is 12.1. The van der Waals surface area contributed by atoms with Crippen LogP contribution in [0.1, 0.15) is 43.0 Å². The average Bonchev–Trinajstić information content (AvgIpc) is 2.56. The van der Waals surface area contributed by atoms with Crippen molar-refractivity contribution in [2.75, 3.05) is 26.7 Å². The van der Waals surface area contributed by atoms with E-state index in [1.807, 2.05) is 6.07 Å². The molecule has 7 heteroatoms. The first-order chi connectivity index (χ1) is 11.6. The molecule has 0 heterocycles. The molecule has 2 rings (SSSR count). The van der Waals surface area contributed by atoms with Gasteiger partial charge in [-0.2, -0.15) is 0 Å². The fraction of sp³-hybridized carbons (Fsp3) is 0.556. The third-order valence-corrected chi connectivity index (χ3v) is 5.17. The minimum absolute atomic E-state index is 0. The summed E-state index contributed by atoms with van der Waals surface area (Å²) in [6.07, 6.45) is 5.11. The summed E-state index contributed by atoms with van der Waals surface area (Å²) in [7, 11) is 1.76. The van der Waals surface area contributed by atoms with Crippen molar-refractivity contribution < 1.29 is 4.79 Å². The summed E-state index contributed by atoms with van der Waals surface area (Å²) >= 11 is 6.02. The molecule has 3 N–H and O–H groups in total. The van der Waals surface area contributed by atoms with Gasteiger partial charge in [0.05, 0.1) is 10.6 Å². The van der Waals surface area contributed by atoms with Crippen molar-refractivity contribution in [3.05, 3.63) is 34.9 Å². The predicted octanol–water partition coefficient (Wildman–Crippen LogP) is 3.43. The molecule has 0 radical (unpaired) electrons. The lowest BCUT2D eigenvalue weighted by Gasteiger charge is -2.41. The molecule has 1 aliphatic carbocycles. The third-order valence-electron chi connectivity index (χ3n) is 4.84. The van der Waals surface area contributed by atoms with Gasteiger partial charge in [-0.3, -0.25) is 9.79 Å². The standard InChI is InChI=1S/C18H27ClN4O.HI/c1-3-18(9-6-10-18)13-23-17(20-2)22-12-11-21-16(24)14-7-4-5-8-15(14)19;/h4-5,7-8H,3,6,9-13H2,1-2H3,(H,21,24)(H2,20,22,23);1H. The van der Waals surface area contributed by atoms with Crippen molar-refractivity contribution in [1.29, 1.82) is 0 Å². The van der Waals surface area contributed by atoms with Crippen LogP contribution >= 0.6 is 35.6 Å². The molecule has 140 valence electrons. The summed E-state index contributed by atoms with van der Waals surface area (Å²) in [5.74, 6) is 0.617. The van der Waals surface area contributed by atoms with Crippen LogP contribution in [0.25, 0.3) is 0 Å². The molecule has 0 spiro atoms. The average molecular weight is 479 g/mol. The zero-order valence-corrected chi connectivity index (χ0v) is 18.0. The molecule has 0 bridgehead atoms. The monoisotopic (exact) mass is 478 g/mol. The van der Waals surface area contributed by atoms with Crippen LogP contribution in [0.4, 0.5) is 0 Å². The molecule has 1 amide bonds. The second-order valence-corrected chi connectivity index (χ2v) is 6.70. The number of hydrogen-bond donors (Lipinski definition) is 3. The van der Waals surface area contributed by atoms with Gasteiger partial charge in [-0.25, -0.2) is 0 Å². The highest BCUT2D eigenvalue weighted by Crippen LogP contribution is 2.42. The molecule has 0 aliphatic heterocycles. The van der Waals surface area contributed by atoms with E-state index in [9.17, 15) is 4.79 Å². The Hall–Kier alpha value is -1.02. The molecule has 1 aliphatic rings. The largest absolute Gasteiger partial charge is 0.356 e. The minimum Gasteiger partial charge on any atom is -0.356 e. The maximum absolute atomic E-state index is 12.1. The lowest BCUT2D eigenvalue weighted by atomic mass is 9.67. The summed E-state index contributed by atoms with van der Waals surface area (Å²) in [6.45, 7) is 4.31. The van der Waals surface area contributed by atoms with E-state index in [1.165, 1.54) is 25.7 Å². The van der Waals surface area contributed by atoms with Crippen LogP contribution in [0.2, 0.25) is 5.02 Å². The fourth-order valence-electron chi connectivity index (χ4n) is 2.92. The lowest BCUT2D eigenvalue weighted by Crippen LogP contribution is -2.47. The molecule has 1 aromatic carbocycles. The van der Waals surface area contributed by atoms with Crippen LogP contribution in [0.5, 0.6) is 0 Å². The molecule has 0 atom stereocenters. The van der Waals surface area contributed by atoms with Crippen molar-refractivity contribution >= 4 is 47.4 Å². The molecule has 1 fully saturated rings. The van der Waals surface area contributed by atoms with E-state index in [0.717, 1.165) is 12.5 Å². The van der Waals surface area contributed by atoms with Gasteiger partial charge in [0.2, 0.25) is 0 Å².